The van der Waals surface area contributed by atoms with Gasteiger partial charge in [-0.05, 0) is 0 Å². The number of carbonyl (C=O) groups excluding carboxylic acids is 1. The summed E-state index contributed by atoms with van der Waals surface area (Å²) in [5.41, 5.74) is 0. The molecule has 0 N–H and O–H groups in total. The molecule has 0 saturated carbocycles. The number of esters is 1. The van der Waals surface area contributed by atoms with Crippen LogP contribution in [0.25, 0.3) is 0 Å². The lowest BCUT2D eigenvalue weighted by molar-refractivity contribution is -0.350. The summed E-state index contributed by atoms with van der Waals surface area (Å²) in [5, 5.41) is 0. The van der Waals surface area contributed by atoms with Gasteiger partial charge in [-0.3, -0.25) is 0 Å². The van der Waals surface area contributed by atoms with Gasteiger partial charge in [-0.15, -0.1) is 0 Å². The minimum absolute atomic E-state index is 0.606. The van der Waals surface area contributed by atoms with Crippen molar-refractivity contribution >= 4 is 5.97 Å². The standard InChI is InChI=1S/C7H9F3O3/c1-4-5(11)13-6(2,12-3)7(8,9)10/h4H,1H2,2-3H3. The van der Waals surface area contributed by atoms with Crippen molar-refractivity contribution in [3.05, 3.63) is 12.7 Å². The van der Waals surface area contributed by atoms with E-state index in [1.54, 1.807) is 0 Å². The minimum atomic E-state index is -4.78. The molecule has 1 unspecified atom stereocenters. The van der Waals surface area contributed by atoms with Gasteiger partial charge in [-0.25, -0.2) is 4.79 Å². The van der Waals surface area contributed by atoms with Crippen molar-refractivity contribution in [2.24, 2.45) is 0 Å². The zero-order valence-corrected chi connectivity index (χ0v) is 7.14. The zero-order chi connectivity index (χ0) is 10.7. The van der Waals surface area contributed by atoms with Crippen LogP contribution in [0.5, 0.6) is 0 Å². The fourth-order valence-electron chi connectivity index (χ4n) is 0.449. The molecule has 0 spiro atoms. The lowest BCUT2D eigenvalue weighted by Crippen LogP contribution is -2.47. The second kappa shape index (κ2) is 3.78. The summed E-state index contributed by atoms with van der Waals surface area (Å²) >= 11 is 0. The molecule has 0 fully saturated rings. The maximum absolute atomic E-state index is 12.2. The summed E-state index contributed by atoms with van der Waals surface area (Å²) in [6, 6.07) is 0. The Hall–Kier alpha value is -1.04. The monoisotopic (exact) mass is 198 g/mol. The Morgan fingerprint density at radius 2 is 1.92 bits per heavy atom. The maximum Gasteiger partial charge on any atom is 0.455 e. The molecule has 76 valence electrons. The summed E-state index contributed by atoms with van der Waals surface area (Å²) in [7, 11) is 0.795. The van der Waals surface area contributed by atoms with Crippen LogP contribution in [0.3, 0.4) is 0 Å². The Kier molecular flexibility index (Phi) is 3.48. The van der Waals surface area contributed by atoms with Crippen LogP contribution in [0.2, 0.25) is 0 Å². The van der Waals surface area contributed by atoms with E-state index in [-0.39, 0.29) is 0 Å². The first kappa shape index (κ1) is 12.0. The Balaban J connectivity index is 4.65. The van der Waals surface area contributed by atoms with Crippen LogP contribution in [0.1, 0.15) is 6.92 Å². The van der Waals surface area contributed by atoms with Crippen molar-refractivity contribution in [1.82, 2.24) is 0 Å². The van der Waals surface area contributed by atoms with E-state index >= 15 is 0 Å². The molecule has 0 saturated heterocycles. The van der Waals surface area contributed by atoms with E-state index in [0.717, 1.165) is 7.11 Å². The van der Waals surface area contributed by atoms with E-state index in [1.807, 2.05) is 0 Å². The quantitative estimate of drug-likeness (QED) is 0.393. The van der Waals surface area contributed by atoms with Gasteiger partial charge in [0.05, 0.1) is 0 Å². The smallest absolute Gasteiger partial charge is 0.420 e. The zero-order valence-electron chi connectivity index (χ0n) is 7.14. The minimum Gasteiger partial charge on any atom is -0.420 e. The predicted molar refractivity (Wildman–Crippen MR) is 37.8 cm³/mol. The van der Waals surface area contributed by atoms with E-state index in [9.17, 15) is 18.0 Å². The first-order valence-electron chi connectivity index (χ1n) is 3.24. The average Bonchev–Trinajstić information content (AvgIpc) is 2.02. The predicted octanol–water partition coefficient (Wildman–Crippen LogP) is 1.64. The third-order valence-corrected chi connectivity index (χ3v) is 1.37. The number of alkyl halides is 3. The molecule has 0 aliphatic heterocycles. The first-order valence-corrected chi connectivity index (χ1v) is 3.24. The second-order valence-corrected chi connectivity index (χ2v) is 2.27. The summed E-state index contributed by atoms with van der Waals surface area (Å²) in [6.07, 6.45) is -4.15. The van der Waals surface area contributed by atoms with E-state index in [1.165, 1.54) is 0 Å². The molecular formula is C7H9F3O3. The van der Waals surface area contributed by atoms with Crippen LogP contribution in [0, 0.1) is 0 Å². The number of rotatable bonds is 3. The number of halogens is 3. The highest BCUT2D eigenvalue weighted by Gasteiger charge is 2.55. The molecule has 0 aliphatic rings. The third-order valence-electron chi connectivity index (χ3n) is 1.37. The highest BCUT2D eigenvalue weighted by molar-refractivity contribution is 5.81. The third kappa shape index (κ3) is 2.73. The van der Waals surface area contributed by atoms with E-state index < -0.39 is 17.9 Å². The van der Waals surface area contributed by atoms with Crippen molar-refractivity contribution in [2.45, 2.75) is 18.9 Å². The highest BCUT2D eigenvalue weighted by Crippen LogP contribution is 2.33. The lowest BCUT2D eigenvalue weighted by Gasteiger charge is -2.29. The van der Waals surface area contributed by atoms with Crippen LogP contribution in [0.4, 0.5) is 13.2 Å². The molecule has 0 radical (unpaired) electrons. The number of carbonyl (C=O) groups is 1. The van der Waals surface area contributed by atoms with Crippen molar-refractivity contribution in [2.75, 3.05) is 7.11 Å². The van der Waals surface area contributed by atoms with Crippen LogP contribution < -0.4 is 0 Å². The van der Waals surface area contributed by atoms with E-state index in [2.05, 4.69) is 16.1 Å². The average molecular weight is 198 g/mol. The number of hydrogen-bond acceptors (Lipinski definition) is 3. The fraction of sp³-hybridized carbons (Fsp3) is 0.571. The van der Waals surface area contributed by atoms with Crippen molar-refractivity contribution in [3.8, 4) is 0 Å². The van der Waals surface area contributed by atoms with E-state index in [0.29, 0.717) is 13.0 Å². The normalized spacial score (nSPS) is 16.1. The molecule has 6 heteroatoms. The molecule has 0 rings (SSSR count). The molecule has 0 heterocycles. The molecule has 0 aliphatic carbocycles. The summed E-state index contributed by atoms with van der Waals surface area (Å²) < 4.78 is 44.5. The van der Waals surface area contributed by atoms with E-state index in [4.69, 9.17) is 0 Å². The second-order valence-electron chi connectivity index (χ2n) is 2.27. The van der Waals surface area contributed by atoms with Gasteiger partial charge < -0.3 is 9.47 Å². The topological polar surface area (TPSA) is 35.5 Å². The van der Waals surface area contributed by atoms with Crippen LogP contribution in [0.15, 0.2) is 12.7 Å². The molecule has 0 aromatic rings. The van der Waals surface area contributed by atoms with Crippen LogP contribution in [-0.2, 0) is 14.3 Å². The van der Waals surface area contributed by atoms with Crippen molar-refractivity contribution in [1.29, 1.82) is 0 Å². The Morgan fingerprint density at radius 3 is 2.15 bits per heavy atom. The van der Waals surface area contributed by atoms with Gasteiger partial charge in [0.1, 0.15) is 0 Å². The van der Waals surface area contributed by atoms with Crippen molar-refractivity contribution in [3.63, 3.8) is 0 Å². The van der Waals surface area contributed by atoms with Gasteiger partial charge in [-0.1, -0.05) is 6.58 Å². The first-order chi connectivity index (χ1) is 5.77. The molecule has 0 bridgehead atoms. The number of hydrogen-bond donors (Lipinski definition) is 0. The molecular weight excluding hydrogens is 189 g/mol. The number of methoxy groups -OCH3 is 1. The molecule has 0 aromatic carbocycles. The van der Waals surface area contributed by atoms with Gasteiger partial charge in [0.15, 0.2) is 0 Å². The molecule has 3 nitrogen and oxygen atoms in total. The van der Waals surface area contributed by atoms with Crippen LogP contribution >= 0.6 is 0 Å². The maximum atomic E-state index is 12.2. The molecule has 0 amide bonds. The summed E-state index contributed by atoms with van der Waals surface area (Å²) in [5.74, 6) is -4.11. The van der Waals surface area contributed by atoms with Gasteiger partial charge >= 0.3 is 17.9 Å². The van der Waals surface area contributed by atoms with Crippen LogP contribution in [-0.4, -0.2) is 25.0 Å². The van der Waals surface area contributed by atoms with Gasteiger partial charge in [-0.2, -0.15) is 13.2 Å². The molecule has 0 aromatic heterocycles. The fourth-order valence-corrected chi connectivity index (χ4v) is 0.449. The molecule has 1 atom stereocenters. The summed E-state index contributed by atoms with van der Waals surface area (Å²) in [6.45, 7) is 3.57. The van der Waals surface area contributed by atoms with Gasteiger partial charge in [0.2, 0.25) is 0 Å². The molecule has 13 heavy (non-hydrogen) atoms. The summed E-state index contributed by atoms with van der Waals surface area (Å²) in [4.78, 5) is 10.5. The lowest BCUT2D eigenvalue weighted by atomic mass is 10.3. The largest absolute Gasteiger partial charge is 0.455 e. The van der Waals surface area contributed by atoms with Gasteiger partial charge in [0.25, 0.3) is 0 Å². The Bertz CT molecular complexity index is 212. The van der Waals surface area contributed by atoms with Gasteiger partial charge in [0, 0.05) is 20.1 Å². The number of ether oxygens (including phenoxy) is 2. The SMILES string of the molecule is C=CC(=O)OC(C)(OC)C(F)(F)F. The Labute approximate surface area is 73.1 Å². The highest BCUT2D eigenvalue weighted by atomic mass is 19.4. The van der Waals surface area contributed by atoms with Crippen molar-refractivity contribution < 1.29 is 27.4 Å². The Morgan fingerprint density at radius 1 is 1.46 bits per heavy atom.